The fourth-order valence-electron chi connectivity index (χ4n) is 2.47. The van der Waals surface area contributed by atoms with E-state index in [4.69, 9.17) is 9.47 Å². The van der Waals surface area contributed by atoms with Gasteiger partial charge in [-0.15, -0.1) is 0 Å². The van der Waals surface area contributed by atoms with Gasteiger partial charge in [-0.2, -0.15) is 0 Å². The van der Waals surface area contributed by atoms with E-state index in [9.17, 15) is 9.18 Å². The number of amides is 1. The largest absolute Gasteiger partial charge is 0.493 e. The molecule has 0 aliphatic carbocycles. The van der Waals surface area contributed by atoms with E-state index >= 15 is 0 Å². The summed E-state index contributed by atoms with van der Waals surface area (Å²) in [5.74, 6) is 0.139. The van der Waals surface area contributed by atoms with Crippen molar-refractivity contribution in [1.82, 2.24) is 10.6 Å². The summed E-state index contributed by atoms with van der Waals surface area (Å²) in [6.45, 7) is 2.56. The molecule has 21 heavy (non-hydrogen) atoms. The highest BCUT2D eigenvalue weighted by molar-refractivity contribution is 5.95. The first-order valence-corrected chi connectivity index (χ1v) is 7.06. The predicted molar refractivity (Wildman–Crippen MR) is 77.4 cm³/mol. The molecule has 0 radical (unpaired) electrons. The molecule has 1 amide bonds. The summed E-state index contributed by atoms with van der Waals surface area (Å²) in [4.78, 5) is 12.0. The number of hydrogen-bond donors (Lipinski definition) is 2. The van der Waals surface area contributed by atoms with Gasteiger partial charge in [-0.1, -0.05) is 0 Å². The second-order valence-electron chi connectivity index (χ2n) is 5.09. The van der Waals surface area contributed by atoms with E-state index < -0.39 is 11.7 Å². The van der Waals surface area contributed by atoms with Crippen LogP contribution >= 0.6 is 0 Å². The molecule has 0 spiro atoms. The highest BCUT2D eigenvalue weighted by Crippen LogP contribution is 2.29. The Morgan fingerprint density at radius 2 is 2.10 bits per heavy atom. The first kappa shape index (κ1) is 15.6. The number of carbonyl (C=O) groups excluding carboxylic acids is 1. The molecule has 6 heteroatoms. The molecule has 1 aliphatic heterocycles. The molecule has 1 heterocycles. The Bertz CT molecular complexity index is 502. The number of nitrogens with one attached hydrogen (secondary N) is 2. The summed E-state index contributed by atoms with van der Waals surface area (Å²) < 4.78 is 24.0. The number of methoxy groups -OCH3 is 2. The third kappa shape index (κ3) is 3.85. The minimum absolute atomic E-state index is 0.0304. The summed E-state index contributed by atoms with van der Waals surface area (Å²) in [6, 6.07) is 2.52. The molecule has 1 fully saturated rings. The van der Waals surface area contributed by atoms with Gasteiger partial charge in [-0.05, 0) is 37.9 Å². The van der Waals surface area contributed by atoms with Gasteiger partial charge in [0.2, 0.25) is 0 Å². The van der Waals surface area contributed by atoms with E-state index in [1.165, 1.54) is 20.3 Å². The second kappa shape index (κ2) is 7.26. The van der Waals surface area contributed by atoms with Gasteiger partial charge in [-0.3, -0.25) is 4.79 Å². The number of halogens is 1. The third-order valence-electron chi connectivity index (χ3n) is 3.72. The second-order valence-corrected chi connectivity index (χ2v) is 5.09. The number of ether oxygens (including phenoxy) is 2. The number of benzene rings is 1. The molecule has 1 aromatic rings. The molecule has 0 aromatic heterocycles. The average molecular weight is 296 g/mol. The first-order chi connectivity index (χ1) is 10.2. The Morgan fingerprint density at radius 3 is 2.71 bits per heavy atom. The van der Waals surface area contributed by atoms with E-state index in [0.29, 0.717) is 18.2 Å². The number of hydrogen-bond acceptors (Lipinski definition) is 4. The van der Waals surface area contributed by atoms with Crippen LogP contribution in [-0.4, -0.2) is 39.8 Å². The van der Waals surface area contributed by atoms with E-state index in [0.717, 1.165) is 32.0 Å². The summed E-state index contributed by atoms with van der Waals surface area (Å²) in [5.41, 5.74) is -0.0304. The molecule has 1 unspecified atom stereocenters. The summed E-state index contributed by atoms with van der Waals surface area (Å²) in [5, 5.41) is 6.03. The molecule has 1 aliphatic rings. The SMILES string of the molecule is COc1cc(F)c(C(=O)NCCC2CCNC2)cc1OC. The van der Waals surface area contributed by atoms with Gasteiger partial charge < -0.3 is 20.1 Å². The lowest BCUT2D eigenvalue weighted by Gasteiger charge is -2.12. The van der Waals surface area contributed by atoms with Crippen molar-refractivity contribution in [1.29, 1.82) is 0 Å². The van der Waals surface area contributed by atoms with Crippen LogP contribution in [0.25, 0.3) is 0 Å². The summed E-state index contributed by atoms with van der Waals surface area (Å²) >= 11 is 0. The Hall–Kier alpha value is -1.82. The number of rotatable bonds is 6. The maximum atomic E-state index is 13.9. The zero-order valence-electron chi connectivity index (χ0n) is 12.4. The smallest absolute Gasteiger partial charge is 0.254 e. The van der Waals surface area contributed by atoms with Crippen LogP contribution in [0.3, 0.4) is 0 Å². The Labute approximate surface area is 123 Å². The highest BCUT2D eigenvalue weighted by atomic mass is 19.1. The highest BCUT2D eigenvalue weighted by Gasteiger charge is 2.18. The molecule has 2 rings (SSSR count). The normalized spacial score (nSPS) is 17.6. The zero-order chi connectivity index (χ0) is 15.2. The number of carbonyl (C=O) groups is 1. The maximum absolute atomic E-state index is 13.9. The minimum atomic E-state index is -0.618. The van der Waals surface area contributed by atoms with Crippen molar-refractivity contribution in [3.05, 3.63) is 23.5 Å². The fraction of sp³-hybridized carbons (Fsp3) is 0.533. The molecule has 2 N–H and O–H groups in total. The first-order valence-electron chi connectivity index (χ1n) is 7.06. The van der Waals surface area contributed by atoms with E-state index in [1.807, 2.05) is 0 Å². The van der Waals surface area contributed by atoms with Gasteiger partial charge in [-0.25, -0.2) is 4.39 Å². The van der Waals surface area contributed by atoms with Crippen molar-refractivity contribution < 1.29 is 18.7 Å². The van der Waals surface area contributed by atoms with Gasteiger partial charge in [0.25, 0.3) is 5.91 Å². The Morgan fingerprint density at radius 1 is 1.38 bits per heavy atom. The summed E-state index contributed by atoms with van der Waals surface area (Å²) in [6.07, 6.45) is 2.02. The molecule has 1 atom stereocenters. The zero-order valence-corrected chi connectivity index (χ0v) is 12.4. The molecular formula is C15H21FN2O3. The molecule has 0 saturated carbocycles. The van der Waals surface area contributed by atoms with Crippen molar-refractivity contribution in [3.8, 4) is 11.5 Å². The van der Waals surface area contributed by atoms with Gasteiger partial charge >= 0.3 is 0 Å². The lowest BCUT2D eigenvalue weighted by molar-refractivity contribution is 0.0947. The van der Waals surface area contributed by atoms with Crippen LogP contribution < -0.4 is 20.1 Å². The standard InChI is InChI=1S/C15H21FN2O3/c1-20-13-7-11(12(16)8-14(13)21-2)15(19)18-6-4-10-3-5-17-9-10/h7-8,10,17H,3-6,9H2,1-2H3,(H,18,19). The van der Waals surface area contributed by atoms with Crippen molar-refractivity contribution in [2.45, 2.75) is 12.8 Å². The Kier molecular flexibility index (Phi) is 5.38. The molecule has 1 aromatic carbocycles. The van der Waals surface area contributed by atoms with E-state index in [2.05, 4.69) is 10.6 Å². The topological polar surface area (TPSA) is 59.6 Å². The van der Waals surface area contributed by atoms with Crippen LogP contribution in [0, 0.1) is 11.7 Å². The minimum Gasteiger partial charge on any atom is -0.493 e. The van der Waals surface area contributed by atoms with Gasteiger partial charge in [0.05, 0.1) is 19.8 Å². The van der Waals surface area contributed by atoms with E-state index in [1.54, 1.807) is 0 Å². The Balaban J connectivity index is 1.97. The molecule has 1 saturated heterocycles. The van der Waals surface area contributed by atoms with Crippen LogP contribution in [0.2, 0.25) is 0 Å². The summed E-state index contributed by atoms with van der Waals surface area (Å²) in [7, 11) is 2.87. The average Bonchev–Trinajstić information content (AvgIpc) is 3.00. The molecular weight excluding hydrogens is 275 g/mol. The van der Waals surface area contributed by atoms with Crippen LogP contribution in [0.15, 0.2) is 12.1 Å². The van der Waals surface area contributed by atoms with Gasteiger partial charge in [0, 0.05) is 12.6 Å². The lowest BCUT2D eigenvalue weighted by atomic mass is 10.1. The van der Waals surface area contributed by atoms with Crippen LogP contribution in [-0.2, 0) is 0 Å². The van der Waals surface area contributed by atoms with E-state index in [-0.39, 0.29) is 11.3 Å². The quantitative estimate of drug-likeness (QED) is 0.836. The monoisotopic (exact) mass is 296 g/mol. The van der Waals surface area contributed by atoms with Crippen molar-refractivity contribution in [2.75, 3.05) is 33.9 Å². The molecule has 116 valence electrons. The predicted octanol–water partition coefficient (Wildman–Crippen LogP) is 1.57. The maximum Gasteiger partial charge on any atom is 0.254 e. The van der Waals surface area contributed by atoms with Gasteiger partial charge in [0.15, 0.2) is 11.5 Å². The van der Waals surface area contributed by atoms with Crippen LogP contribution in [0.4, 0.5) is 4.39 Å². The van der Waals surface area contributed by atoms with Crippen molar-refractivity contribution in [3.63, 3.8) is 0 Å². The van der Waals surface area contributed by atoms with Crippen LogP contribution in [0.1, 0.15) is 23.2 Å². The fourth-order valence-corrected chi connectivity index (χ4v) is 2.47. The van der Waals surface area contributed by atoms with Crippen molar-refractivity contribution >= 4 is 5.91 Å². The van der Waals surface area contributed by atoms with Crippen molar-refractivity contribution in [2.24, 2.45) is 5.92 Å². The van der Waals surface area contributed by atoms with Crippen LogP contribution in [0.5, 0.6) is 11.5 Å². The molecule has 0 bridgehead atoms. The van der Waals surface area contributed by atoms with Gasteiger partial charge in [0.1, 0.15) is 5.82 Å². The third-order valence-corrected chi connectivity index (χ3v) is 3.72. The molecule has 5 nitrogen and oxygen atoms in total. The lowest BCUT2D eigenvalue weighted by Crippen LogP contribution is -2.27.